The predicted molar refractivity (Wildman–Crippen MR) is 175 cm³/mol. The summed E-state index contributed by atoms with van der Waals surface area (Å²) in [6.45, 7) is 1.75. The van der Waals surface area contributed by atoms with Gasteiger partial charge in [-0.15, -0.1) is 11.8 Å². The van der Waals surface area contributed by atoms with Crippen LogP contribution in [0.15, 0.2) is 130 Å². The average Bonchev–Trinajstić information content (AvgIpc) is 3.48. The SMILES string of the molecule is COc1cccc(/C=C(\NC(=O)c2ccccc2)C(=O)Nc2cccc(SC(C(=O)Nc3cc(C)on3)c3ccccc3)c2)c1. The van der Waals surface area contributed by atoms with Crippen LogP contribution in [0.1, 0.15) is 32.5 Å². The standard InChI is InChI=1S/C35H30N4O5S/c1-23-19-31(39-44-23)38-35(42)32(25-12-5-3-6-13-25)45-29-18-10-16-27(22-29)36-34(41)30(21-24-11-9-17-28(20-24)43-2)37-33(40)26-14-7-4-8-15-26/h3-22,32H,1-2H3,(H,36,41)(H,37,40)(H,38,39,42)/b30-21-. The Hall–Kier alpha value is -5.61. The first-order valence-electron chi connectivity index (χ1n) is 14.0. The molecule has 0 fully saturated rings. The monoisotopic (exact) mass is 618 g/mol. The average molecular weight is 619 g/mol. The van der Waals surface area contributed by atoms with E-state index in [4.69, 9.17) is 9.26 Å². The second-order valence-corrected chi connectivity index (χ2v) is 11.0. The molecule has 5 rings (SSSR count). The van der Waals surface area contributed by atoms with Crippen molar-refractivity contribution in [2.45, 2.75) is 17.1 Å². The third-order valence-electron chi connectivity index (χ3n) is 6.50. The zero-order valence-electron chi connectivity index (χ0n) is 24.5. The number of ether oxygens (including phenoxy) is 1. The lowest BCUT2D eigenvalue weighted by Crippen LogP contribution is -2.30. The van der Waals surface area contributed by atoms with Crippen LogP contribution in [0.2, 0.25) is 0 Å². The molecule has 3 amide bonds. The van der Waals surface area contributed by atoms with Gasteiger partial charge in [-0.2, -0.15) is 0 Å². The first kappa shape index (κ1) is 30.8. The van der Waals surface area contributed by atoms with E-state index in [-0.39, 0.29) is 11.6 Å². The van der Waals surface area contributed by atoms with E-state index < -0.39 is 17.1 Å². The van der Waals surface area contributed by atoms with Gasteiger partial charge >= 0.3 is 0 Å². The molecule has 3 N–H and O–H groups in total. The Morgan fingerprint density at radius 1 is 0.844 bits per heavy atom. The molecule has 0 radical (unpaired) electrons. The van der Waals surface area contributed by atoms with Gasteiger partial charge in [0.1, 0.15) is 22.5 Å². The summed E-state index contributed by atoms with van der Waals surface area (Å²) < 4.78 is 10.4. The quantitative estimate of drug-likeness (QED) is 0.109. The van der Waals surface area contributed by atoms with Gasteiger partial charge in [-0.05, 0) is 66.6 Å². The van der Waals surface area contributed by atoms with Crippen LogP contribution < -0.4 is 20.7 Å². The van der Waals surface area contributed by atoms with Crippen molar-refractivity contribution < 1.29 is 23.6 Å². The Labute approximate surface area is 264 Å². The zero-order valence-corrected chi connectivity index (χ0v) is 25.3. The summed E-state index contributed by atoms with van der Waals surface area (Å²) in [5.74, 6) is 0.288. The first-order chi connectivity index (χ1) is 21.9. The number of hydrogen-bond acceptors (Lipinski definition) is 7. The van der Waals surface area contributed by atoms with Gasteiger partial charge < -0.3 is 25.2 Å². The van der Waals surface area contributed by atoms with Crippen molar-refractivity contribution in [3.8, 4) is 5.75 Å². The molecule has 4 aromatic carbocycles. The molecule has 45 heavy (non-hydrogen) atoms. The fraction of sp³-hybridized carbons (Fsp3) is 0.0857. The number of rotatable bonds is 11. The van der Waals surface area contributed by atoms with Gasteiger partial charge in [0.2, 0.25) is 5.91 Å². The van der Waals surface area contributed by atoms with Crippen LogP contribution in [0.4, 0.5) is 11.5 Å². The summed E-state index contributed by atoms with van der Waals surface area (Å²) in [4.78, 5) is 40.7. The second-order valence-electron chi connectivity index (χ2n) is 9.86. The highest BCUT2D eigenvalue weighted by Crippen LogP contribution is 2.37. The number of hydrogen-bond donors (Lipinski definition) is 3. The largest absolute Gasteiger partial charge is 0.497 e. The number of benzene rings is 4. The summed E-state index contributed by atoms with van der Waals surface area (Å²) in [6, 6.07) is 34.0. The molecule has 0 saturated heterocycles. The van der Waals surface area contributed by atoms with Crippen molar-refractivity contribution in [3.63, 3.8) is 0 Å². The lowest BCUT2D eigenvalue weighted by molar-refractivity contribution is -0.116. The molecule has 1 atom stereocenters. The number of carbonyl (C=O) groups excluding carboxylic acids is 3. The third-order valence-corrected chi connectivity index (χ3v) is 7.75. The molecule has 5 aromatic rings. The number of thioether (sulfide) groups is 1. The van der Waals surface area contributed by atoms with Crippen LogP contribution in [0, 0.1) is 6.92 Å². The van der Waals surface area contributed by atoms with Gasteiger partial charge in [0.15, 0.2) is 5.82 Å². The Balaban J connectivity index is 1.38. The van der Waals surface area contributed by atoms with E-state index in [0.717, 1.165) is 10.5 Å². The fourth-order valence-corrected chi connectivity index (χ4v) is 5.42. The van der Waals surface area contributed by atoms with Crippen molar-refractivity contribution in [2.75, 3.05) is 17.7 Å². The highest BCUT2D eigenvalue weighted by molar-refractivity contribution is 8.00. The van der Waals surface area contributed by atoms with Crippen LogP contribution in [0.5, 0.6) is 5.75 Å². The van der Waals surface area contributed by atoms with Crippen molar-refractivity contribution in [3.05, 3.63) is 143 Å². The number of methoxy groups -OCH3 is 1. The number of aryl methyl sites for hydroxylation is 1. The normalized spacial score (nSPS) is 11.7. The van der Waals surface area contributed by atoms with Crippen LogP contribution >= 0.6 is 11.8 Å². The number of aromatic nitrogens is 1. The Morgan fingerprint density at radius 2 is 1.58 bits per heavy atom. The maximum Gasteiger partial charge on any atom is 0.272 e. The molecule has 0 aliphatic rings. The van der Waals surface area contributed by atoms with Gasteiger partial charge in [0.25, 0.3) is 11.8 Å². The van der Waals surface area contributed by atoms with E-state index in [1.54, 1.807) is 92.9 Å². The molecule has 226 valence electrons. The molecule has 1 heterocycles. The van der Waals surface area contributed by atoms with Crippen molar-refractivity contribution in [1.82, 2.24) is 10.5 Å². The van der Waals surface area contributed by atoms with Gasteiger partial charge in [0.05, 0.1) is 7.11 Å². The number of carbonyl (C=O) groups is 3. The molecular weight excluding hydrogens is 588 g/mol. The number of nitrogens with one attached hydrogen (secondary N) is 3. The molecule has 0 spiro atoms. The van der Waals surface area contributed by atoms with Crippen LogP contribution in [0.25, 0.3) is 6.08 Å². The highest BCUT2D eigenvalue weighted by atomic mass is 32.2. The molecule has 9 nitrogen and oxygen atoms in total. The lowest BCUT2D eigenvalue weighted by Gasteiger charge is -2.17. The van der Waals surface area contributed by atoms with Crippen LogP contribution in [-0.4, -0.2) is 30.0 Å². The van der Waals surface area contributed by atoms with Gasteiger partial charge in [-0.25, -0.2) is 0 Å². The van der Waals surface area contributed by atoms with Gasteiger partial charge in [-0.3, -0.25) is 14.4 Å². The smallest absolute Gasteiger partial charge is 0.272 e. The number of amides is 3. The highest BCUT2D eigenvalue weighted by Gasteiger charge is 2.24. The predicted octanol–water partition coefficient (Wildman–Crippen LogP) is 6.87. The molecule has 10 heteroatoms. The summed E-state index contributed by atoms with van der Waals surface area (Å²) in [7, 11) is 1.56. The van der Waals surface area contributed by atoms with Crippen molar-refractivity contribution in [1.29, 1.82) is 0 Å². The van der Waals surface area contributed by atoms with E-state index in [1.165, 1.54) is 11.8 Å². The molecule has 1 unspecified atom stereocenters. The zero-order chi connectivity index (χ0) is 31.6. The number of nitrogens with zero attached hydrogens (tertiary/aromatic N) is 1. The Bertz CT molecular complexity index is 1820. The van der Waals surface area contributed by atoms with E-state index in [0.29, 0.717) is 34.1 Å². The third kappa shape index (κ3) is 8.49. The maximum absolute atomic E-state index is 13.6. The molecule has 1 aromatic heterocycles. The van der Waals surface area contributed by atoms with Crippen LogP contribution in [-0.2, 0) is 9.59 Å². The summed E-state index contributed by atoms with van der Waals surface area (Å²) in [5, 5.41) is 11.7. The van der Waals surface area contributed by atoms with E-state index in [1.807, 2.05) is 42.5 Å². The first-order valence-corrected chi connectivity index (χ1v) is 14.9. The molecule has 0 aliphatic carbocycles. The Kier molecular flexibility index (Phi) is 10.1. The van der Waals surface area contributed by atoms with Crippen molar-refractivity contribution in [2.24, 2.45) is 0 Å². The summed E-state index contributed by atoms with van der Waals surface area (Å²) >= 11 is 1.32. The van der Waals surface area contributed by atoms with E-state index in [9.17, 15) is 14.4 Å². The summed E-state index contributed by atoms with van der Waals surface area (Å²) in [6.07, 6.45) is 1.58. The Morgan fingerprint density at radius 3 is 2.29 bits per heavy atom. The minimum absolute atomic E-state index is 0.0413. The van der Waals surface area contributed by atoms with E-state index in [2.05, 4.69) is 21.1 Å². The summed E-state index contributed by atoms with van der Waals surface area (Å²) in [5.41, 5.74) is 2.39. The minimum Gasteiger partial charge on any atom is -0.497 e. The topological polar surface area (TPSA) is 123 Å². The maximum atomic E-state index is 13.6. The minimum atomic E-state index is -0.622. The van der Waals surface area contributed by atoms with E-state index >= 15 is 0 Å². The number of anilines is 2. The molecule has 0 bridgehead atoms. The fourth-order valence-electron chi connectivity index (χ4n) is 4.34. The molecule has 0 saturated carbocycles. The van der Waals surface area contributed by atoms with Crippen molar-refractivity contribution >= 4 is 47.1 Å². The lowest BCUT2D eigenvalue weighted by atomic mass is 10.1. The second kappa shape index (κ2) is 14.7. The molecule has 0 aliphatic heterocycles. The molecular formula is C35H30N4O5S. The van der Waals surface area contributed by atoms with Gasteiger partial charge in [0, 0.05) is 22.2 Å². The van der Waals surface area contributed by atoms with Gasteiger partial charge in [-0.1, -0.05) is 71.9 Å². The van der Waals surface area contributed by atoms with Crippen LogP contribution in [0.3, 0.4) is 0 Å².